The minimum absolute atomic E-state index is 0.159. The smallest absolute Gasteiger partial charge is 0.104 e. The molecule has 20 heavy (non-hydrogen) atoms. The monoisotopic (exact) mass is 278 g/mol. The second-order valence-corrected chi connectivity index (χ2v) is 6.06. The van der Waals surface area contributed by atoms with Crippen LogP contribution in [0.5, 0.6) is 0 Å². The van der Waals surface area contributed by atoms with E-state index >= 15 is 0 Å². The fraction of sp³-hybridized carbons (Fsp3) is 0.692. The maximum atomic E-state index is 10.1. The molecular weight excluding hydrogens is 256 g/mol. The molecule has 7 nitrogen and oxygen atoms in total. The third-order valence-corrected chi connectivity index (χ3v) is 3.22. The van der Waals surface area contributed by atoms with Gasteiger partial charge in [0.05, 0.1) is 24.5 Å². The van der Waals surface area contributed by atoms with E-state index in [1.807, 2.05) is 40.1 Å². The second-order valence-electron chi connectivity index (χ2n) is 6.06. The first-order valence-electron chi connectivity index (χ1n) is 6.84. The van der Waals surface area contributed by atoms with Crippen LogP contribution in [-0.2, 0) is 19.5 Å². The normalized spacial score (nSPS) is 13.7. The number of rotatable bonds is 5. The molecule has 0 fully saturated rings. The van der Waals surface area contributed by atoms with E-state index in [-0.39, 0.29) is 5.41 Å². The van der Waals surface area contributed by atoms with Crippen molar-refractivity contribution in [1.29, 1.82) is 0 Å². The van der Waals surface area contributed by atoms with Gasteiger partial charge in [0.15, 0.2) is 0 Å². The first-order chi connectivity index (χ1) is 9.38. The van der Waals surface area contributed by atoms with Gasteiger partial charge in [0, 0.05) is 19.2 Å². The van der Waals surface area contributed by atoms with E-state index in [4.69, 9.17) is 0 Å². The van der Waals surface area contributed by atoms with Gasteiger partial charge in [0.2, 0.25) is 0 Å². The Morgan fingerprint density at radius 3 is 2.30 bits per heavy atom. The third kappa shape index (κ3) is 3.63. The molecule has 1 N–H and O–H groups in total. The van der Waals surface area contributed by atoms with Gasteiger partial charge in [-0.2, -0.15) is 0 Å². The van der Waals surface area contributed by atoms with Gasteiger partial charge in [-0.25, -0.2) is 4.68 Å². The number of aliphatic hydroxyl groups excluding tert-OH is 1. The average Bonchev–Trinajstić information content (AvgIpc) is 2.98. The Morgan fingerprint density at radius 2 is 1.70 bits per heavy atom. The highest BCUT2D eigenvalue weighted by molar-refractivity contribution is 4.99. The standard InChI is InChI=1S/C13H22N6O/c1-5-18-8-11(15-16-18)9-19-7-10(14-17-19)6-12(20)13(2,3)4/h7-8,12,20H,5-6,9H2,1-4H3. The highest BCUT2D eigenvalue weighted by Gasteiger charge is 2.23. The summed E-state index contributed by atoms with van der Waals surface area (Å²) in [5.74, 6) is 0. The molecule has 2 rings (SSSR count). The van der Waals surface area contributed by atoms with Crippen molar-refractivity contribution in [1.82, 2.24) is 30.0 Å². The quantitative estimate of drug-likeness (QED) is 0.878. The van der Waals surface area contributed by atoms with Crippen LogP contribution in [0.25, 0.3) is 0 Å². The van der Waals surface area contributed by atoms with Gasteiger partial charge in [0.1, 0.15) is 5.69 Å². The molecule has 7 heteroatoms. The Hall–Kier alpha value is -1.76. The Morgan fingerprint density at radius 1 is 1.10 bits per heavy atom. The van der Waals surface area contributed by atoms with Gasteiger partial charge in [-0.05, 0) is 12.3 Å². The molecule has 0 aromatic carbocycles. The molecule has 0 radical (unpaired) electrons. The Labute approximate surface area is 118 Å². The molecule has 1 atom stereocenters. The molecule has 0 spiro atoms. The topological polar surface area (TPSA) is 81.7 Å². The van der Waals surface area contributed by atoms with Crippen LogP contribution in [0.3, 0.4) is 0 Å². The third-order valence-electron chi connectivity index (χ3n) is 3.22. The van der Waals surface area contributed by atoms with Gasteiger partial charge in [0.25, 0.3) is 0 Å². The maximum absolute atomic E-state index is 10.1. The summed E-state index contributed by atoms with van der Waals surface area (Å²) in [4.78, 5) is 0. The van der Waals surface area contributed by atoms with Gasteiger partial charge in [-0.15, -0.1) is 10.2 Å². The molecule has 2 heterocycles. The summed E-state index contributed by atoms with van der Waals surface area (Å²) in [5, 5.41) is 26.3. The number of nitrogens with zero attached hydrogens (tertiary/aromatic N) is 6. The van der Waals surface area contributed by atoms with E-state index in [0.29, 0.717) is 13.0 Å². The van der Waals surface area contributed by atoms with Crippen LogP contribution in [0.2, 0.25) is 0 Å². The van der Waals surface area contributed by atoms with Crippen molar-refractivity contribution in [2.45, 2.75) is 53.3 Å². The number of aromatic nitrogens is 6. The summed E-state index contributed by atoms with van der Waals surface area (Å²) in [7, 11) is 0. The number of hydrogen-bond donors (Lipinski definition) is 1. The summed E-state index contributed by atoms with van der Waals surface area (Å²) in [6.07, 6.45) is 3.81. The van der Waals surface area contributed by atoms with Crippen LogP contribution in [0, 0.1) is 5.41 Å². The molecular formula is C13H22N6O. The SMILES string of the molecule is CCn1cc(Cn2cc(CC(O)C(C)(C)C)nn2)nn1. The minimum Gasteiger partial charge on any atom is -0.392 e. The van der Waals surface area contributed by atoms with Crippen molar-refractivity contribution in [2.75, 3.05) is 0 Å². The summed E-state index contributed by atoms with van der Waals surface area (Å²) >= 11 is 0. The zero-order valence-electron chi connectivity index (χ0n) is 12.5. The molecule has 0 bridgehead atoms. The summed E-state index contributed by atoms with van der Waals surface area (Å²) in [6, 6.07) is 0. The van der Waals surface area contributed by atoms with E-state index in [9.17, 15) is 5.11 Å². The molecule has 0 saturated carbocycles. The minimum atomic E-state index is -0.436. The lowest BCUT2D eigenvalue weighted by Crippen LogP contribution is -2.28. The first kappa shape index (κ1) is 14.6. The lowest BCUT2D eigenvalue weighted by atomic mass is 9.87. The van der Waals surface area contributed by atoms with Crippen LogP contribution in [0.1, 0.15) is 39.1 Å². The highest BCUT2D eigenvalue weighted by atomic mass is 16.3. The predicted octanol–water partition coefficient (Wildman–Crippen LogP) is 0.887. The average molecular weight is 278 g/mol. The van der Waals surface area contributed by atoms with E-state index in [1.54, 1.807) is 9.36 Å². The van der Waals surface area contributed by atoms with Crippen LogP contribution in [0.15, 0.2) is 12.4 Å². The molecule has 0 aliphatic carbocycles. The molecule has 2 aromatic rings. The number of aliphatic hydroxyl groups is 1. The van der Waals surface area contributed by atoms with E-state index < -0.39 is 6.10 Å². The van der Waals surface area contributed by atoms with Crippen LogP contribution in [-0.4, -0.2) is 41.2 Å². The zero-order chi connectivity index (χ0) is 14.8. The van der Waals surface area contributed by atoms with Crippen molar-refractivity contribution in [3.63, 3.8) is 0 Å². The number of hydrogen-bond acceptors (Lipinski definition) is 5. The predicted molar refractivity (Wildman–Crippen MR) is 74.0 cm³/mol. The van der Waals surface area contributed by atoms with Crippen LogP contribution in [0.4, 0.5) is 0 Å². The van der Waals surface area contributed by atoms with Gasteiger partial charge in [-0.1, -0.05) is 31.2 Å². The molecule has 0 aliphatic heterocycles. The fourth-order valence-electron chi connectivity index (χ4n) is 1.75. The molecule has 0 amide bonds. The second kappa shape index (κ2) is 5.70. The van der Waals surface area contributed by atoms with Crippen molar-refractivity contribution < 1.29 is 5.11 Å². The van der Waals surface area contributed by atoms with Gasteiger partial charge < -0.3 is 5.11 Å². The van der Waals surface area contributed by atoms with E-state index in [2.05, 4.69) is 20.6 Å². The fourth-order valence-corrected chi connectivity index (χ4v) is 1.75. The van der Waals surface area contributed by atoms with Gasteiger partial charge in [-0.3, -0.25) is 4.68 Å². The first-order valence-corrected chi connectivity index (χ1v) is 6.84. The number of aryl methyl sites for hydroxylation is 1. The lowest BCUT2D eigenvalue weighted by Gasteiger charge is -2.24. The molecule has 2 aromatic heterocycles. The van der Waals surface area contributed by atoms with Crippen molar-refractivity contribution in [2.24, 2.45) is 5.41 Å². The molecule has 110 valence electrons. The van der Waals surface area contributed by atoms with Crippen LogP contribution < -0.4 is 0 Å². The van der Waals surface area contributed by atoms with Crippen molar-refractivity contribution >= 4 is 0 Å². The molecule has 0 aliphatic rings. The largest absolute Gasteiger partial charge is 0.392 e. The van der Waals surface area contributed by atoms with Crippen molar-refractivity contribution in [3.05, 3.63) is 23.8 Å². The maximum Gasteiger partial charge on any atom is 0.104 e. The molecule has 0 saturated heterocycles. The van der Waals surface area contributed by atoms with Crippen molar-refractivity contribution in [3.8, 4) is 0 Å². The lowest BCUT2D eigenvalue weighted by molar-refractivity contribution is 0.0627. The van der Waals surface area contributed by atoms with E-state index in [0.717, 1.165) is 17.9 Å². The summed E-state index contributed by atoms with van der Waals surface area (Å²) in [5.41, 5.74) is 1.48. The Bertz CT molecular complexity index is 553. The highest BCUT2D eigenvalue weighted by Crippen LogP contribution is 2.21. The zero-order valence-corrected chi connectivity index (χ0v) is 12.5. The van der Waals surface area contributed by atoms with Crippen LogP contribution >= 0.6 is 0 Å². The Kier molecular flexibility index (Phi) is 4.17. The van der Waals surface area contributed by atoms with E-state index in [1.165, 1.54) is 0 Å². The Balaban J connectivity index is 1.98. The van der Waals surface area contributed by atoms with Gasteiger partial charge >= 0.3 is 0 Å². The summed E-state index contributed by atoms with van der Waals surface area (Å²) in [6.45, 7) is 9.37. The molecule has 1 unspecified atom stereocenters. The summed E-state index contributed by atoms with van der Waals surface area (Å²) < 4.78 is 3.49.